The summed E-state index contributed by atoms with van der Waals surface area (Å²) in [6.07, 6.45) is -4.26. The predicted molar refractivity (Wildman–Crippen MR) is 145 cm³/mol. The van der Waals surface area contributed by atoms with E-state index in [9.17, 15) is 35.9 Å². The number of aromatic nitrogens is 1. The molecule has 3 aliphatic heterocycles. The molecule has 1 aromatic heterocycles. The maximum absolute atomic E-state index is 13.1. The van der Waals surface area contributed by atoms with Crippen LogP contribution in [0.1, 0.15) is 24.0 Å². The first kappa shape index (κ1) is 35.3. The Morgan fingerprint density at radius 1 is 0.889 bits per heavy atom. The average Bonchev–Trinajstić information content (AvgIpc) is 3.47. The minimum atomic E-state index is -5.08. The van der Waals surface area contributed by atoms with E-state index in [-0.39, 0.29) is 23.3 Å². The number of aliphatic carboxylic acids is 2. The lowest BCUT2D eigenvalue weighted by Gasteiger charge is -2.46. The molecule has 2 atom stereocenters. The second kappa shape index (κ2) is 14.3. The van der Waals surface area contributed by atoms with Crippen LogP contribution in [0.3, 0.4) is 0 Å². The lowest BCUT2D eigenvalue weighted by molar-refractivity contribution is -0.193. The largest absolute Gasteiger partial charge is 0.490 e. The number of carboxylic acid groups (broad SMARTS) is 2. The van der Waals surface area contributed by atoms with Crippen molar-refractivity contribution in [3.8, 4) is 0 Å². The third-order valence-corrected chi connectivity index (χ3v) is 8.20. The van der Waals surface area contributed by atoms with Gasteiger partial charge in [0.1, 0.15) is 0 Å². The van der Waals surface area contributed by atoms with Gasteiger partial charge < -0.3 is 20.0 Å². The Labute approximate surface area is 254 Å². The molecule has 45 heavy (non-hydrogen) atoms. The van der Waals surface area contributed by atoms with Crippen molar-refractivity contribution in [2.45, 2.75) is 43.7 Å². The number of likely N-dealkylation sites (tertiary alicyclic amines) is 3. The Bertz CT molecular complexity index is 1310. The van der Waals surface area contributed by atoms with Crippen LogP contribution in [0.2, 0.25) is 0 Å². The van der Waals surface area contributed by atoms with Crippen molar-refractivity contribution >= 4 is 23.8 Å². The molecule has 2 N–H and O–H groups in total. The zero-order valence-corrected chi connectivity index (χ0v) is 24.1. The topological polar surface area (TPSA) is 131 Å². The average molecular weight is 647 g/mol. The molecule has 0 bridgehead atoms. The normalized spacial score (nSPS) is 20.9. The van der Waals surface area contributed by atoms with Crippen molar-refractivity contribution in [2.75, 3.05) is 33.2 Å². The lowest BCUT2D eigenvalue weighted by Crippen LogP contribution is -2.56. The van der Waals surface area contributed by atoms with Crippen LogP contribution in [0.4, 0.5) is 26.3 Å². The Hall–Kier alpha value is -4.21. The van der Waals surface area contributed by atoms with Gasteiger partial charge in [0.15, 0.2) is 0 Å². The Morgan fingerprint density at radius 3 is 1.91 bits per heavy atom. The van der Waals surface area contributed by atoms with E-state index in [1.54, 1.807) is 6.20 Å². The van der Waals surface area contributed by atoms with Gasteiger partial charge in [0.2, 0.25) is 11.8 Å². The van der Waals surface area contributed by atoms with Gasteiger partial charge in [-0.25, -0.2) is 9.59 Å². The number of halogens is 6. The van der Waals surface area contributed by atoms with Crippen LogP contribution < -0.4 is 0 Å². The van der Waals surface area contributed by atoms with E-state index in [1.165, 1.54) is 5.56 Å². The summed E-state index contributed by atoms with van der Waals surface area (Å²) >= 11 is 0. The van der Waals surface area contributed by atoms with Crippen molar-refractivity contribution in [1.29, 1.82) is 0 Å². The summed E-state index contributed by atoms with van der Waals surface area (Å²) in [6, 6.07) is 14.0. The van der Waals surface area contributed by atoms with Crippen molar-refractivity contribution < 1.29 is 55.7 Å². The summed E-state index contributed by atoms with van der Waals surface area (Å²) in [7, 11) is 1.98. The molecule has 4 heterocycles. The molecule has 1 aromatic carbocycles. The number of hydrogen-bond acceptors (Lipinski definition) is 6. The highest BCUT2D eigenvalue weighted by atomic mass is 19.4. The van der Waals surface area contributed by atoms with Crippen LogP contribution in [-0.4, -0.2) is 105 Å². The zero-order valence-electron chi connectivity index (χ0n) is 24.1. The van der Waals surface area contributed by atoms with Crippen molar-refractivity contribution in [2.24, 2.45) is 11.8 Å². The maximum atomic E-state index is 13.1. The van der Waals surface area contributed by atoms with Gasteiger partial charge in [-0.1, -0.05) is 36.4 Å². The number of pyridine rings is 1. The number of fused-ring (bicyclic) bond motifs is 2. The second-order valence-electron chi connectivity index (χ2n) is 10.9. The third kappa shape index (κ3) is 8.93. The van der Waals surface area contributed by atoms with Gasteiger partial charge in [-0.2, -0.15) is 26.3 Å². The Balaban J connectivity index is 0.000000331. The highest BCUT2D eigenvalue weighted by Crippen LogP contribution is 2.49. The van der Waals surface area contributed by atoms with E-state index in [2.05, 4.69) is 16.0 Å². The van der Waals surface area contributed by atoms with E-state index in [1.807, 2.05) is 59.4 Å². The first-order chi connectivity index (χ1) is 21.0. The van der Waals surface area contributed by atoms with Crippen LogP contribution in [0.15, 0.2) is 54.9 Å². The number of nitrogens with zero attached hydrogens (tertiary/aromatic N) is 4. The molecule has 0 radical (unpaired) electrons. The smallest absolute Gasteiger partial charge is 0.475 e. The first-order valence-corrected chi connectivity index (χ1v) is 13.8. The summed E-state index contributed by atoms with van der Waals surface area (Å²) < 4.78 is 63.5. The monoisotopic (exact) mass is 646 g/mol. The van der Waals surface area contributed by atoms with Gasteiger partial charge in [-0.3, -0.25) is 19.5 Å². The highest BCUT2D eigenvalue weighted by molar-refractivity contribution is 5.84. The van der Waals surface area contributed by atoms with Gasteiger partial charge in [-0.05, 0) is 30.0 Å². The number of benzene rings is 1. The molecule has 3 saturated heterocycles. The quantitative estimate of drug-likeness (QED) is 0.483. The fourth-order valence-corrected chi connectivity index (χ4v) is 6.01. The summed E-state index contributed by atoms with van der Waals surface area (Å²) in [4.78, 5) is 54.4. The predicted octanol–water partition coefficient (Wildman–Crippen LogP) is 3.47. The standard InChI is InChI=1S/C25H30N4O2.2C2HF3O2/c1-27-24(31)21-17-28(16-20-8-5-11-26-15-20)18-22(21)25(27)9-12-29(13-10-25)23(30)14-19-6-3-2-4-7-19;2*3-2(4,5)1(6)7/h2-8,11,15,21-22H,9-10,12-14,16-18H2,1H3;2*(H,6,7)/t21-,22+;;/m0../s1. The minimum absolute atomic E-state index is 0.0771. The van der Waals surface area contributed by atoms with Crippen molar-refractivity contribution in [3.63, 3.8) is 0 Å². The molecule has 3 aliphatic rings. The summed E-state index contributed by atoms with van der Waals surface area (Å²) in [6.45, 7) is 4.06. The van der Waals surface area contributed by atoms with E-state index in [4.69, 9.17) is 19.8 Å². The van der Waals surface area contributed by atoms with Crippen molar-refractivity contribution in [1.82, 2.24) is 19.7 Å². The third-order valence-electron chi connectivity index (χ3n) is 8.20. The van der Waals surface area contributed by atoms with E-state index in [0.29, 0.717) is 12.3 Å². The molecule has 1 spiro atoms. The summed E-state index contributed by atoms with van der Waals surface area (Å²) in [5.41, 5.74) is 2.14. The highest BCUT2D eigenvalue weighted by Gasteiger charge is 2.60. The van der Waals surface area contributed by atoms with Crippen molar-refractivity contribution in [3.05, 3.63) is 66.0 Å². The molecule has 0 aliphatic carbocycles. The van der Waals surface area contributed by atoms with Gasteiger partial charge in [0, 0.05) is 58.1 Å². The molecule has 3 fully saturated rings. The van der Waals surface area contributed by atoms with Gasteiger partial charge in [0.25, 0.3) is 0 Å². The molecule has 5 rings (SSSR count). The van der Waals surface area contributed by atoms with Crippen LogP contribution in [0.5, 0.6) is 0 Å². The number of carbonyl (C=O) groups excluding carboxylic acids is 2. The number of amides is 2. The van der Waals surface area contributed by atoms with Gasteiger partial charge >= 0.3 is 24.3 Å². The summed E-state index contributed by atoms with van der Waals surface area (Å²) in [5.74, 6) is -4.63. The number of alkyl halides is 6. The van der Waals surface area contributed by atoms with Crippen LogP contribution in [0, 0.1) is 11.8 Å². The SMILES string of the molecule is CN1C(=O)[C@H]2CN(Cc3cccnc3)C[C@H]2C12CCN(C(=O)Cc1ccccc1)CC2.O=C(O)C(F)(F)F.O=C(O)C(F)(F)F. The van der Waals surface area contributed by atoms with E-state index < -0.39 is 24.3 Å². The number of rotatable bonds is 4. The fraction of sp³-hybridized carbons (Fsp3) is 0.483. The number of carbonyl (C=O) groups is 4. The van der Waals surface area contributed by atoms with E-state index in [0.717, 1.165) is 51.1 Å². The molecule has 16 heteroatoms. The second-order valence-corrected chi connectivity index (χ2v) is 10.9. The first-order valence-electron chi connectivity index (χ1n) is 13.8. The molecular weight excluding hydrogens is 614 g/mol. The number of carboxylic acids is 2. The fourth-order valence-electron chi connectivity index (χ4n) is 6.01. The van der Waals surface area contributed by atoms with Gasteiger partial charge in [-0.15, -0.1) is 0 Å². The molecule has 10 nitrogen and oxygen atoms in total. The Morgan fingerprint density at radius 2 is 1.42 bits per heavy atom. The zero-order chi connectivity index (χ0) is 33.6. The van der Waals surface area contributed by atoms with Gasteiger partial charge in [0.05, 0.1) is 17.9 Å². The molecular formula is C29H32F6N4O6. The van der Waals surface area contributed by atoms with Crippen LogP contribution in [-0.2, 0) is 32.1 Å². The molecule has 2 amide bonds. The van der Waals surface area contributed by atoms with Crippen LogP contribution >= 0.6 is 0 Å². The minimum Gasteiger partial charge on any atom is -0.475 e. The summed E-state index contributed by atoms with van der Waals surface area (Å²) in [5, 5.41) is 14.2. The Kier molecular flexibility index (Phi) is 11.2. The number of hydrogen-bond donors (Lipinski definition) is 2. The molecule has 246 valence electrons. The molecule has 0 unspecified atom stereocenters. The number of piperidine rings is 1. The molecule has 0 saturated carbocycles. The van der Waals surface area contributed by atoms with Crippen LogP contribution in [0.25, 0.3) is 0 Å². The lowest BCUT2D eigenvalue weighted by atomic mass is 9.75. The molecule has 2 aromatic rings. The maximum Gasteiger partial charge on any atom is 0.490 e. The van der Waals surface area contributed by atoms with E-state index >= 15 is 0 Å².